The van der Waals surface area contributed by atoms with Gasteiger partial charge >= 0.3 is 0 Å². The Labute approximate surface area is 169 Å². The van der Waals surface area contributed by atoms with Crippen LogP contribution in [0.2, 0.25) is 0 Å². The molecule has 0 fully saturated rings. The Balaban J connectivity index is 1.72. The van der Waals surface area contributed by atoms with Crippen molar-refractivity contribution in [3.8, 4) is 0 Å². The lowest BCUT2D eigenvalue weighted by Crippen LogP contribution is -2.39. The van der Waals surface area contributed by atoms with E-state index in [0.717, 1.165) is 25.6 Å². The fourth-order valence-electron chi connectivity index (χ4n) is 2.91. The van der Waals surface area contributed by atoms with Gasteiger partial charge in [0.1, 0.15) is 0 Å². The standard InChI is InChI=1S/C23H34N4O/c1-19(17-28-18-20-10-6-5-7-11-20)14-25-23(24-2)26-15-21-12-8-9-13-22(21)16-27(3)4/h5-13,19H,14-18H2,1-4H3,(H2,24,25,26). The molecular weight excluding hydrogens is 348 g/mol. The molecule has 0 heterocycles. The second-order valence-electron chi connectivity index (χ2n) is 7.42. The molecule has 5 nitrogen and oxygen atoms in total. The van der Waals surface area contributed by atoms with E-state index in [0.29, 0.717) is 19.1 Å². The highest BCUT2D eigenvalue weighted by atomic mass is 16.5. The summed E-state index contributed by atoms with van der Waals surface area (Å²) < 4.78 is 5.82. The van der Waals surface area contributed by atoms with Crippen molar-refractivity contribution in [2.75, 3.05) is 34.3 Å². The van der Waals surface area contributed by atoms with Crippen LogP contribution in [0.15, 0.2) is 59.6 Å². The lowest BCUT2D eigenvalue weighted by Gasteiger charge is -2.18. The first kappa shape index (κ1) is 21.9. The van der Waals surface area contributed by atoms with E-state index in [1.165, 1.54) is 16.7 Å². The van der Waals surface area contributed by atoms with Crippen LogP contribution in [0.5, 0.6) is 0 Å². The number of guanidine groups is 1. The molecule has 0 aliphatic carbocycles. The van der Waals surface area contributed by atoms with Gasteiger partial charge in [0.15, 0.2) is 5.96 Å². The molecule has 152 valence electrons. The highest BCUT2D eigenvalue weighted by Gasteiger charge is 2.07. The minimum Gasteiger partial charge on any atom is -0.376 e. The van der Waals surface area contributed by atoms with Gasteiger partial charge in [0, 0.05) is 26.7 Å². The summed E-state index contributed by atoms with van der Waals surface area (Å²) in [5.41, 5.74) is 3.83. The maximum absolute atomic E-state index is 5.82. The summed E-state index contributed by atoms with van der Waals surface area (Å²) in [4.78, 5) is 6.52. The number of hydrogen-bond donors (Lipinski definition) is 2. The van der Waals surface area contributed by atoms with Crippen molar-refractivity contribution in [2.45, 2.75) is 26.6 Å². The predicted molar refractivity (Wildman–Crippen MR) is 117 cm³/mol. The van der Waals surface area contributed by atoms with Crippen LogP contribution >= 0.6 is 0 Å². The number of benzene rings is 2. The van der Waals surface area contributed by atoms with Crippen LogP contribution in [0.4, 0.5) is 0 Å². The molecule has 5 heteroatoms. The Bertz CT molecular complexity index is 716. The Morgan fingerprint density at radius 3 is 2.36 bits per heavy atom. The van der Waals surface area contributed by atoms with Crippen LogP contribution in [0, 0.1) is 5.92 Å². The van der Waals surface area contributed by atoms with E-state index >= 15 is 0 Å². The Morgan fingerprint density at radius 2 is 1.68 bits per heavy atom. The number of rotatable bonds is 10. The molecule has 1 atom stereocenters. The van der Waals surface area contributed by atoms with Crippen LogP contribution in [0.3, 0.4) is 0 Å². The first-order chi connectivity index (χ1) is 13.6. The van der Waals surface area contributed by atoms with Crippen LogP contribution in [-0.4, -0.2) is 45.2 Å². The summed E-state index contributed by atoms with van der Waals surface area (Å²) in [6, 6.07) is 18.8. The zero-order chi connectivity index (χ0) is 20.2. The Hall–Kier alpha value is -2.37. The normalized spacial score (nSPS) is 12.8. The summed E-state index contributed by atoms with van der Waals surface area (Å²) in [7, 11) is 5.98. The maximum atomic E-state index is 5.82. The lowest BCUT2D eigenvalue weighted by molar-refractivity contribution is 0.0931. The van der Waals surface area contributed by atoms with E-state index in [9.17, 15) is 0 Å². The van der Waals surface area contributed by atoms with E-state index in [1.807, 2.05) is 18.2 Å². The molecule has 1 unspecified atom stereocenters. The van der Waals surface area contributed by atoms with Crippen LogP contribution in [0.1, 0.15) is 23.6 Å². The molecule has 0 bridgehead atoms. The van der Waals surface area contributed by atoms with Crippen molar-refractivity contribution < 1.29 is 4.74 Å². The summed E-state index contributed by atoms with van der Waals surface area (Å²) in [6.45, 7) is 6.04. The Morgan fingerprint density at radius 1 is 1.00 bits per heavy atom. The van der Waals surface area contributed by atoms with Gasteiger partial charge in [-0.25, -0.2) is 0 Å². The molecule has 2 aromatic carbocycles. The van der Waals surface area contributed by atoms with Crippen molar-refractivity contribution in [1.82, 2.24) is 15.5 Å². The van der Waals surface area contributed by atoms with Crippen LogP contribution < -0.4 is 10.6 Å². The van der Waals surface area contributed by atoms with Gasteiger partial charge in [-0.3, -0.25) is 4.99 Å². The summed E-state index contributed by atoms with van der Waals surface area (Å²) >= 11 is 0. The molecule has 2 N–H and O–H groups in total. The molecule has 0 amide bonds. The highest BCUT2D eigenvalue weighted by molar-refractivity contribution is 5.79. The molecule has 0 aliphatic heterocycles. The van der Waals surface area contributed by atoms with Gasteiger partial charge in [-0.2, -0.15) is 0 Å². The molecular formula is C23H34N4O. The molecule has 2 aromatic rings. The molecule has 0 aliphatic rings. The van der Waals surface area contributed by atoms with Crippen molar-refractivity contribution >= 4 is 5.96 Å². The number of nitrogens with one attached hydrogen (secondary N) is 2. The SMILES string of the molecule is CN=C(NCc1ccccc1CN(C)C)NCC(C)COCc1ccccc1. The highest BCUT2D eigenvalue weighted by Crippen LogP contribution is 2.10. The minimum absolute atomic E-state index is 0.392. The average molecular weight is 383 g/mol. The quantitative estimate of drug-likeness (QED) is 0.489. The van der Waals surface area contributed by atoms with Gasteiger partial charge in [0.2, 0.25) is 0 Å². The van der Waals surface area contributed by atoms with Crippen molar-refractivity contribution in [2.24, 2.45) is 10.9 Å². The van der Waals surface area contributed by atoms with Crippen molar-refractivity contribution in [3.63, 3.8) is 0 Å². The summed E-state index contributed by atoms with van der Waals surface area (Å²) in [6.07, 6.45) is 0. The largest absolute Gasteiger partial charge is 0.376 e. The molecule has 0 spiro atoms. The van der Waals surface area contributed by atoms with Crippen molar-refractivity contribution in [3.05, 3.63) is 71.3 Å². The van der Waals surface area contributed by atoms with E-state index in [2.05, 4.69) is 77.9 Å². The first-order valence-electron chi connectivity index (χ1n) is 9.86. The fraction of sp³-hybridized carbons (Fsp3) is 0.435. The maximum Gasteiger partial charge on any atom is 0.191 e. The first-order valence-corrected chi connectivity index (χ1v) is 9.86. The Kier molecular flexibility index (Phi) is 9.52. The van der Waals surface area contributed by atoms with E-state index in [-0.39, 0.29) is 0 Å². The van der Waals surface area contributed by atoms with E-state index < -0.39 is 0 Å². The zero-order valence-corrected chi connectivity index (χ0v) is 17.6. The summed E-state index contributed by atoms with van der Waals surface area (Å²) in [5.74, 6) is 1.21. The topological polar surface area (TPSA) is 48.9 Å². The van der Waals surface area contributed by atoms with Gasteiger partial charge < -0.3 is 20.3 Å². The third kappa shape index (κ3) is 8.11. The van der Waals surface area contributed by atoms with Gasteiger partial charge in [-0.05, 0) is 36.7 Å². The third-order valence-corrected chi connectivity index (χ3v) is 4.41. The lowest BCUT2D eigenvalue weighted by atomic mass is 10.1. The molecule has 0 saturated carbocycles. The van der Waals surface area contributed by atoms with Crippen LogP contribution in [-0.2, 0) is 24.4 Å². The molecule has 2 rings (SSSR count). The second-order valence-corrected chi connectivity index (χ2v) is 7.42. The molecule has 0 radical (unpaired) electrons. The minimum atomic E-state index is 0.392. The van der Waals surface area contributed by atoms with Crippen molar-refractivity contribution in [1.29, 1.82) is 0 Å². The third-order valence-electron chi connectivity index (χ3n) is 4.41. The fourth-order valence-corrected chi connectivity index (χ4v) is 2.91. The van der Waals surface area contributed by atoms with E-state index in [1.54, 1.807) is 7.05 Å². The molecule has 28 heavy (non-hydrogen) atoms. The van der Waals surface area contributed by atoms with Crippen LogP contribution in [0.25, 0.3) is 0 Å². The summed E-state index contributed by atoms with van der Waals surface area (Å²) in [5, 5.41) is 6.81. The number of ether oxygens (including phenoxy) is 1. The van der Waals surface area contributed by atoms with Gasteiger partial charge in [0.25, 0.3) is 0 Å². The van der Waals surface area contributed by atoms with E-state index in [4.69, 9.17) is 4.74 Å². The average Bonchev–Trinajstić information content (AvgIpc) is 2.69. The second kappa shape index (κ2) is 12.2. The van der Waals surface area contributed by atoms with Gasteiger partial charge in [-0.1, -0.05) is 61.5 Å². The number of aliphatic imine (C=N–C) groups is 1. The number of nitrogens with zero attached hydrogens (tertiary/aromatic N) is 2. The van der Waals surface area contributed by atoms with Gasteiger partial charge in [-0.15, -0.1) is 0 Å². The van der Waals surface area contributed by atoms with Gasteiger partial charge in [0.05, 0.1) is 13.2 Å². The number of hydrogen-bond acceptors (Lipinski definition) is 3. The zero-order valence-electron chi connectivity index (χ0n) is 17.6. The monoisotopic (exact) mass is 382 g/mol. The molecule has 0 saturated heterocycles. The predicted octanol–water partition coefficient (Wildman–Crippen LogP) is 3.27. The smallest absolute Gasteiger partial charge is 0.191 e. The molecule has 0 aromatic heterocycles.